The van der Waals surface area contributed by atoms with E-state index in [9.17, 15) is 56.2 Å². The highest BCUT2D eigenvalue weighted by Gasteiger charge is 2.50. The van der Waals surface area contributed by atoms with E-state index in [4.69, 9.17) is 54.3 Å². The van der Waals surface area contributed by atoms with Crippen LogP contribution in [-0.2, 0) is 30.3 Å². The molecule has 0 amide bonds. The molecule has 0 aliphatic carbocycles. The van der Waals surface area contributed by atoms with E-state index in [1.54, 1.807) is 24.3 Å². The minimum atomic E-state index is -1.74. The van der Waals surface area contributed by atoms with Crippen LogP contribution in [0.15, 0.2) is 24.3 Å². The van der Waals surface area contributed by atoms with Gasteiger partial charge in [0.05, 0.1) is 33.0 Å². The fourth-order valence-corrected chi connectivity index (χ4v) is 5.40. The molecule has 53 heavy (non-hydrogen) atoms. The number of rotatable bonds is 8. The van der Waals surface area contributed by atoms with E-state index < -0.39 is 137 Å². The third-order valence-corrected chi connectivity index (χ3v) is 8.69. The van der Waals surface area contributed by atoms with E-state index in [0.717, 1.165) is 0 Å². The average molecular weight is 779 g/mol. The number of ether oxygens (including phenoxy) is 6. The SMILES string of the molecule is OC1OC[C@@H](O)[C@H](O)[C@H]1O.OC[C@H]1O[C@@H](O[C@H]2[C@H](O)[C@@H](O)[C@H](O)O[C@@H]2CO)[C@H](O)[C@@H](O)[C@H]1O.OCc1ccccc1O[C@@H]1O[C@H](CO)[C@@H](O)[C@H](O)[C@H]1O. The summed E-state index contributed by atoms with van der Waals surface area (Å²) in [7, 11) is 0. The summed E-state index contributed by atoms with van der Waals surface area (Å²) in [5.41, 5.74) is 0.490. The maximum atomic E-state index is 9.94. The molecule has 308 valence electrons. The summed E-state index contributed by atoms with van der Waals surface area (Å²) in [4.78, 5) is 0. The number of hydrogen-bond acceptors (Lipinski definition) is 23. The van der Waals surface area contributed by atoms with Gasteiger partial charge in [-0.25, -0.2) is 0 Å². The molecule has 23 nitrogen and oxygen atoms in total. The molecule has 5 rings (SSSR count). The molecule has 4 saturated heterocycles. The molecule has 0 spiro atoms. The van der Waals surface area contributed by atoms with Gasteiger partial charge in [0.1, 0.15) is 97.3 Å². The Morgan fingerprint density at radius 3 is 1.55 bits per heavy atom. The molecular formula is C30H50O23. The predicted octanol–water partition coefficient (Wildman–Crippen LogP) is -9.62. The fraction of sp³-hybridized carbons (Fsp3) is 0.800. The van der Waals surface area contributed by atoms with Gasteiger partial charge < -0.3 is 115 Å². The molecular weight excluding hydrogens is 728 g/mol. The van der Waals surface area contributed by atoms with Crippen LogP contribution in [-0.4, -0.2) is 230 Å². The van der Waals surface area contributed by atoms with Gasteiger partial charge in [-0.3, -0.25) is 0 Å². The summed E-state index contributed by atoms with van der Waals surface area (Å²) in [6, 6.07) is 6.61. The quantitative estimate of drug-likeness (QED) is 0.116. The van der Waals surface area contributed by atoms with Crippen molar-refractivity contribution in [3.8, 4) is 5.75 Å². The van der Waals surface area contributed by atoms with Gasteiger partial charge in [0.25, 0.3) is 0 Å². The topological polar surface area (TPSA) is 399 Å². The number of hydrogen-bond donors (Lipinski definition) is 17. The molecule has 1 unspecified atom stereocenters. The summed E-state index contributed by atoms with van der Waals surface area (Å²) in [6.45, 7) is -2.28. The van der Waals surface area contributed by atoms with Crippen LogP contribution >= 0.6 is 0 Å². The van der Waals surface area contributed by atoms with E-state index in [-0.39, 0.29) is 13.2 Å². The molecule has 4 fully saturated rings. The molecule has 17 N–H and O–H groups in total. The highest BCUT2D eigenvalue weighted by atomic mass is 16.7. The molecule has 1 aromatic rings. The lowest BCUT2D eigenvalue weighted by Crippen LogP contribution is -2.64. The molecule has 0 bridgehead atoms. The zero-order valence-corrected chi connectivity index (χ0v) is 27.9. The third kappa shape index (κ3) is 11.1. The summed E-state index contributed by atoms with van der Waals surface area (Å²) in [5, 5.41) is 159. The lowest BCUT2D eigenvalue weighted by molar-refractivity contribution is -0.355. The minimum Gasteiger partial charge on any atom is -0.462 e. The van der Waals surface area contributed by atoms with Crippen molar-refractivity contribution < 1.29 is 115 Å². The number of aliphatic hydroxyl groups is 17. The van der Waals surface area contributed by atoms with Crippen molar-refractivity contribution in [3.05, 3.63) is 29.8 Å². The second kappa shape index (κ2) is 20.9. The Labute approximate surface area is 300 Å². The van der Waals surface area contributed by atoms with E-state index in [2.05, 4.69) is 4.74 Å². The van der Waals surface area contributed by atoms with Gasteiger partial charge in [-0.15, -0.1) is 0 Å². The highest BCUT2D eigenvalue weighted by molar-refractivity contribution is 5.32. The maximum Gasteiger partial charge on any atom is 0.229 e. The minimum absolute atomic E-state index is 0.153. The van der Waals surface area contributed by atoms with Crippen LogP contribution in [0.1, 0.15) is 5.56 Å². The standard InChI is InChI=1S/C13H18O7.C12H22O11.C5H10O5/c14-5-7-3-1-2-4-8(7)19-13-12(18)11(17)10(16)9(6-15)20-13;13-1-3-5(15)6(16)9(19)12(22-3)23-10-4(2-14)21-11(20)8(18)7(10)17;6-2-1-10-5(9)4(8)3(2)7/h1-4,9-18H,5-6H2;3-20H,1-2H2;2-9H,1H2/t9-,10-,11+,12-,13-;3-,4-,5+,6+,7-,8-,9-,10-,11-,12+;2-,3+,4-,5?/m111/s1. The smallest absolute Gasteiger partial charge is 0.229 e. The molecule has 4 aliphatic rings. The van der Waals surface area contributed by atoms with Gasteiger partial charge in [0.2, 0.25) is 6.29 Å². The molecule has 4 aliphatic heterocycles. The number of para-hydroxylation sites is 1. The van der Waals surface area contributed by atoms with Gasteiger partial charge in [0, 0.05) is 5.56 Å². The van der Waals surface area contributed by atoms with Crippen LogP contribution in [0.25, 0.3) is 0 Å². The Kier molecular flexibility index (Phi) is 17.9. The molecule has 23 heteroatoms. The normalized spacial score (nSPS) is 44.5. The van der Waals surface area contributed by atoms with Crippen LogP contribution < -0.4 is 4.74 Å². The third-order valence-electron chi connectivity index (χ3n) is 8.69. The molecule has 0 saturated carbocycles. The van der Waals surface area contributed by atoms with Crippen LogP contribution in [0.2, 0.25) is 0 Å². The molecule has 0 radical (unpaired) electrons. The van der Waals surface area contributed by atoms with E-state index in [1.807, 2.05) is 0 Å². The largest absolute Gasteiger partial charge is 0.462 e. The van der Waals surface area contributed by atoms with E-state index in [0.29, 0.717) is 11.3 Å². The Morgan fingerprint density at radius 2 is 1.02 bits per heavy atom. The first-order valence-corrected chi connectivity index (χ1v) is 16.3. The van der Waals surface area contributed by atoms with Crippen molar-refractivity contribution in [3.63, 3.8) is 0 Å². The first-order valence-electron chi connectivity index (χ1n) is 16.3. The Bertz CT molecular complexity index is 1180. The molecule has 0 aromatic heterocycles. The fourth-order valence-electron chi connectivity index (χ4n) is 5.40. The second-order valence-corrected chi connectivity index (χ2v) is 12.4. The van der Waals surface area contributed by atoms with Crippen LogP contribution in [0, 0.1) is 0 Å². The van der Waals surface area contributed by atoms with E-state index >= 15 is 0 Å². The summed E-state index contributed by atoms with van der Waals surface area (Å²) in [5.74, 6) is 0.291. The van der Waals surface area contributed by atoms with Crippen molar-refractivity contribution in [2.75, 3.05) is 26.4 Å². The zero-order chi connectivity index (χ0) is 39.7. The van der Waals surface area contributed by atoms with Gasteiger partial charge in [-0.1, -0.05) is 18.2 Å². The van der Waals surface area contributed by atoms with Crippen molar-refractivity contribution in [2.24, 2.45) is 0 Å². The van der Waals surface area contributed by atoms with Crippen molar-refractivity contribution in [2.45, 2.75) is 123 Å². The zero-order valence-electron chi connectivity index (χ0n) is 27.9. The summed E-state index contributed by atoms with van der Waals surface area (Å²) < 4.78 is 30.4. The second-order valence-electron chi connectivity index (χ2n) is 12.4. The summed E-state index contributed by atoms with van der Waals surface area (Å²) >= 11 is 0. The molecule has 19 atom stereocenters. The number of benzene rings is 1. The first-order chi connectivity index (χ1) is 25.0. The molecule has 1 aromatic carbocycles. The lowest BCUT2D eigenvalue weighted by atomic mass is 9.97. The monoisotopic (exact) mass is 778 g/mol. The predicted molar refractivity (Wildman–Crippen MR) is 165 cm³/mol. The van der Waals surface area contributed by atoms with Crippen LogP contribution in [0.4, 0.5) is 0 Å². The first kappa shape index (κ1) is 45.5. The summed E-state index contributed by atoms with van der Waals surface area (Å²) in [6.07, 6.45) is -27.5. The van der Waals surface area contributed by atoms with Crippen molar-refractivity contribution in [1.29, 1.82) is 0 Å². The number of aliphatic hydroxyl groups excluding tert-OH is 17. The lowest BCUT2D eigenvalue weighted by Gasteiger charge is -2.45. The van der Waals surface area contributed by atoms with E-state index in [1.165, 1.54) is 0 Å². The Balaban J connectivity index is 0.000000229. The average Bonchev–Trinajstić information content (AvgIpc) is 3.16. The molecule has 4 heterocycles. The van der Waals surface area contributed by atoms with Crippen molar-refractivity contribution >= 4 is 0 Å². The van der Waals surface area contributed by atoms with Gasteiger partial charge >= 0.3 is 0 Å². The van der Waals surface area contributed by atoms with Crippen LogP contribution in [0.5, 0.6) is 5.75 Å². The maximum absolute atomic E-state index is 9.94. The highest BCUT2D eigenvalue weighted by Crippen LogP contribution is 2.29. The van der Waals surface area contributed by atoms with Crippen molar-refractivity contribution in [1.82, 2.24) is 0 Å². The Hall–Kier alpha value is -1.86. The van der Waals surface area contributed by atoms with Gasteiger partial charge in [-0.2, -0.15) is 0 Å². The van der Waals surface area contributed by atoms with Gasteiger partial charge in [0.15, 0.2) is 18.9 Å². The Morgan fingerprint density at radius 1 is 0.509 bits per heavy atom. The van der Waals surface area contributed by atoms with Crippen LogP contribution in [0.3, 0.4) is 0 Å². The van der Waals surface area contributed by atoms with Gasteiger partial charge in [-0.05, 0) is 6.07 Å².